The number of hydrogen-bond donors (Lipinski definition) is 0. The number of para-hydroxylation sites is 1. The lowest BCUT2D eigenvalue weighted by Gasteiger charge is -2.24. The van der Waals surface area contributed by atoms with E-state index in [0.29, 0.717) is 26.1 Å². The Hall–Kier alpha value is -3.29. The first-order chi connectivity index (χ1) is 12.8. The summed E-state index contributed by atoms with van der Waals surface area (Å²) in [5, 5.41) is 11.0. The molecule has 0 aliphatic heterocycles. The molecule has 2 aromatic heterocycles. The molecule has 0 atom stereocenters. The second-order valence-electron chi connectivity index (χ2n) is 5.75. The zero-order valence-electron chi connectivity index (χ0n) is 14.5. The number of tetrazole rings is 1. The van der Waals surface area contributed by atoms with Crippen molar-refractivity contribution in [2.45, 2.75) is 26.1 Å². The molecule has 0 saturated carbocycles. The fourth-order valence-electron chi connectivity index (χ4n) is 2.63. The molecule has 3 rings (SSSR count). The molecule has 26 heavy (non-hydrogen) atoms. The van der Waals surface area contributed by atoms with Gasteiger partial charge >= 0.3 is 0 Å². The molecule has 0 aliphatic rings. The predicted octanol–water partition coefficient (Wildman–Crippen LogP) is 1.70. The third kappa shape index (κ3) is 4.62. The van der Waals surface area contributed by atoms with Crippen molar-refractivity contribution in [3.8, 4) is 5.75 Å². The number of amides is 1. The van der Waals surface area contributed by atoms with Gasteiger partial charge in [0.15, 0.2) is 0 Å². The van der Waals surface area contributed by atoms with Crippen LogP contribution in [0.25, 0.3) is 0 Å². The summed E-state index contributed by atoms with van der Waals surface area (Å²) in [4.78, 5) is 18.8. The normalized spacial score (nSPS) is 10.5. The van der Waals surface area contributed by atoms with Crippen molar-refractivity contribution in [1.29, 1.82) is 0 Å². The third-order valence-corrected chi connectivity index (χ3v) is 3.95. The average Bonchev–Trinajstić information content (AvgIpc) is 3.20. The molecule has 0 radical (unpaired) electrons. The number of carbonyl (C=O) groups excluding carboxylic acids is 1. The molecule has 0 N–H and O–H groups in total. The fourth-order valence-corrected chi connectivity index (χ4v) is 2.63. The van der Waals surface area contributed by atoms with Crippen LogP contribution in [0.1, 0.15) is 17.5 Å². The summed E-state index contributed by atoms with van der Waals surface area (Å²) in [6.45, 7) is 1.36. The van der Waals surface area contributed by atoms with Crippen LogP contribution in [0.5, 0.6) is 5.75 Å². The van der Waals surface area contributed by atoms with Crippen LogP contribution in [0.2, 0.25) is 0 Å². The average molecular weight is 352 g/mol. The van der Waals surface area contributed by atoms with Gasteiger partial charge in [0.25, 0.3) is 0 Å². The first-order valence-electron chi connectivity index (χ1n) is 8.25. The summed E-state index contributed by atoms with van der Waals surface area (Å²) in [6, 6.07) is 11.5. The minimum absolute atomic E-state index is 0.00950. The molecule has 8 heteroatoms. The number of aromatic nitrogens is 5. The standard InChI is InChI=1S/C18H20N6O2/c1-26-17-7-3-2-6-16(17)13-23(12-15-5-4-9-19-11-15)18(25)8-10-24-14-20-21-22-24/h2-7,9,11,14H,8,10,12-13H2,1H3. The molecule has 0 saturated heterocycles. The quantitative estimate of drug-likeness (QED) is 0.613. The van der Waals surface area contributed by atoms with Crippen LogP contribution >= 0.6 is 0 Å². The highest BCUT2D eigenvalue weighted by atomic mass is 16.5. The summed E-state index contributed by atoms with van der Waals surface area (Å²) >= 11 is 0. The van der Waals surface area contributed by atoms with Crippen molar-refractivity contribution >= 4 is 5.91 Å². The van der Waals surface area contributed by atoms with Crippen molar-refractivity contribution in [2.24, 2.45) is 0 Å². The highest BCUT2D eigenvalue weighted by Gasteiger charge is 2.17. The number of aryl methyl sites for hydroxylation is 1. The molecule has 8 nitrogen and oxygen atoms in total. The van der Waals surface area contributed by atoms with E-state index in [0.717, 1.165) is 16.9 Å². The SMILES string of the molecule is COc1ccccc1CN(Cc1cccnc1)C(=O)CCn1cnnn1. The van der Waals surface area contributed by atoms with Gasteiger partial charge in [-0.1, -0.05) is 24.3 Å². The molecule has 0 spiro atoms. The Bertz CT molecular complexity index is 823. The van der Waals surface area contributed by atoms with Gasteiger partial charge in [0.05, 0.1) is 13.7 Å². The van der Waals surface area contributed by atoms with E-state index >= 15 is 0 Å². The monoisotopic (exact) mass is 352 g/mol. The molecule has 3 aromatic rings. The maximum absolute atomic E-state index is 12.8. The van der Waals surface area contributed by atoms with Crippen molar-refractivity contribution in [3.63, 3.8) is 0 Å². The van der Waals surface area contributed by atoms with Gasteiger partial charge in [-0.05, 0) is 28.1 Å². The first-order valence-corrected chi connectivity index (χ1v) is 8.25. The largest absolute Gasteiger partial charge is 0.496 e. The highest BCUT2D eigenvalue weighted by molar-refractivity contribution is 5.76. The number of benzene rings is 1. The minimum atomic E-state index is 0.00950. The topological polar surface area (TPSA) is 86.0 Å². The van der Waals surface area contributed by atoms with Gasteiger partial charge in [-0.25, -0.2) is 4.68 Å². The van der Waals surface area contributed by atoms with Crippen LogP contribution in [0, 0.1) is 0 Å². The lowest BCUT2D eigenvalue weighted by atomic mass is 10.1. The third-order valence-electron chi connectivity index (χ3n) is 3.95. The molecule has 1 aromatic carbocycles. The number of hydrogen-bond acceptors (Lipinski definition) is 6. The lowest BCUT2D eigenvalue weighted by molar-refractivity contribution is -0.132. The van der Waals surface area contributed by atoms with Crippen LogP contribution in [0.4, 0.5) is 0 Å². The molecule has 0 unspecified atom stereocenters. The zero-order valence-corrected chi connectivity index (χ0v) is 14.5. The van der Waals surface area contributed by atoms with Crippen LogP contribution in [-0.4, -0.2) is 43.1 Å². The van der Waals surface area contributed by atoms with E-state index in [4.69, 9.17) is 4.74 Å². The van der Waals surface area contributed by atoms with Gasteiger partial charge < -0.3 is 9.64 Å². The number of carbonyl (C=O) groups is 1. The second kappa shape index (κ2) is 8.70. The van der Waals surface area contributed by atoms with Crippen molar-refractivity contribution in [1.82, 2.24) is 30.1 Å². The van der Waals surface area contributed by atoms with Crippen LogP contribution in [0.15, 0.2) is 55.1 Å². The predicted molar refractivity (Wildman–Crippen MR) is 93.9 cm³/mol. The number of nitrogens with zero attached hydrogens (tertiary/aromatic N) is 6. The van der Waals surface area contributed by atoms with E-state index in [9.17, 15) is 4.79 Å². The van der Waals surface area contributed by atoms with Gasteiger partial charge in [-0.3, -0.25) is 9.78 Å². The van der Waals surface area contributed by atoms with Crippen molar-refractivity contribution in [2.75, 3.05) is 7.11 Å². The van der Waals surface area contributed by atoms with Crippen LogP contribution in [-0.2, 0) is 24.4 Å². The summed E-state index contributed by atoms with van der Waals surface area (Å²) in [6.07, 6.45) is 5.29. The Labute approximate surface area is 151 Å². The van der Waals surface area contributed by atoms with Crippen LogP contribution < -0.4 is 4.74 Å². The minimum Gasteiger partial charge on any atom is -0.496 e. The summed E-state index contributed by atoms with van der Waals surface area (Å²) in [5.41, 5.74) is 1.92. The van der Waals surface area contributed by atoms with E-state index < -0.39 is 0 Å². The molecular weight excluding hydrogens is 332 g/mol. The zero-order chi connectivity index (χ0) is 18.2. The van der Waals surface area contributed by atoms with E-state index in [1.807, 2.05) is 36.4 Å². The maximum atomic E-state index is 12.8. The lowest BCUT2D eigenvalue weighted by Crippen LogP contribution is -2.31. The van der Waals surface area contributed by atoms with Crippen molar-refractivity contribution in [3.05, 3.63) is 66.2 Å². The molecule has 0 aliphatic carbocycles. The Morgan fingerprint density at radius 1 is 1.19 bits per heavy atom. The number of methoxy groups -OCH3 is 1. The number of ether oxygens (including phenoxy) is 1. The molecule has 0 bridgehead atoms. The van der Waals surface area contributed by atoms with Crippen molar-refractivity contribution < 1.29 is 9.53 Å². The summed E-state index contributed by atoms with van der Waals surface area (Å²) in [7, 11) is 1.63. The van der Waals surface area contributed by atoms with Gasteiger partial charge in [0, 0.05) is 37.5 Å². The van der Waals surface area contributed by atoms with E-state index in [2.05, 4.69) is 20.5 Å². The molecule has 134 valence electrons. The van der Waals surface area contributed by atoms with Gasteiger partial charge in [-0.15, -0.1) is 5.10 Å². The number of rotatable bonds is 8. The molecular formula is C18H20N6O2. The molecule has 2 heterocycles. The smallest absolute Gasteiger partial charge is 0.225 e. The van der Waals surface area contributed by atoms with Gasteiger partial charge in [0.1, 0.15) is 12.1 Å². The van der Waals surface area contributed by atoms with E-state index in [1.165, 1.54) is 6.33 Å². The Balaban J connectivity index is 1.75. The molecule has 0 fully saturated rings. The second-order valence-corrected chi connectivity index (χ2v) is 5.75. The molecule has 1 amide bonds. The fraction of sp³-hybridized carbons (Fsp3) is 0.278. The summed E-state index contributed by atoms with van der Waals surface area (Å²) in [5.74, 6) is 0.771. The van der Waals surface area contributed by atoms with E-state index in [1.54, 1.807) is 29.1 Å². The summed E-state index contributed by atoms with van der Waals surface area (Å²) < 4.78 is 6.96. The Morgan fingerprint density at radius 3 is 2.81 bits per heavy atom. The Morgan fingerprint density at radius 2 is 2.08 bits per heavy atom. The van der Waals surface area contributed by atoms with Gasteiger partial charge in [0.2, 0.25) is 5.91 Å². The number of pyridine rings is 1. The highest BCUT2D eigenvalue weighted by Crippen LogP contribution is 2.21. The van der Waals surface area contributed by atoms with Crippen LogP contribution in [0.3, 0.4) is 0 Å². The Kier molecular flexibility index (Phi) is 5.87. The first kappa shape index (κ1) is 17.5. The van der Waals surface area contributed by atoms with Gasteiger partial charge in [-0.2, -0.15) is 0 Å². The van der Waals surface area contributed by atoms with E-state index in [-0.39, 0.29) is 5.91 Å². The maximum Gasteiger partial charge on any atom is 0.225 e.